The van der Waals surface area contributed by atoms with Gasteiger partial charge in [0.2, 0.25) is 0 Å². The summed E-state index contributed by atoms with van der Waals surface area (Å²) in [4.78, 5) is 7.13. The number of rotatable bonds is 10. The van der Waals surface area contributed by atoms with Crippen LogP contribution in [0.25, 0.3) is 0 Å². The number of thioether (sulfide) groups is 1. The van der Waals surface area contributed by atoms with E-state index in [0.29, 0.717) is 19.8 Å². The van der Waals surface area contributed by atoms with E-state index in [4.69, 9.17) is 9.73 Å². The van der Waals surface area contributed by atoms with Crippen molar-refractivity contribution in [3.8, 4) is 0 Å². The van der Waals surface area contributed by atoms with Gasteiger partial charge in [-0.25, -0.2) is 4.39 Å². The Morgan fingerprint density at radius 1 is 1.30 bits per heavy atom. The van der Waals surface area contributed by atoms with Gasteiger partial charge >= 0.3 is 0 Å². The van der Waals surface area contributed by atoms with Crippen LogP contribution in [0.2, 0.25) is 0 Å². The van der Waals surface area contributed by atoms with Crippen LogP contribution in [0.15, 0.2) is 29.3 Å². The van der Waals surface area contributed by atoms with Crippen LogP contribution in [0.4, 0.5) is 4.39 Å². The summed E-state index contributed by atoms with van der Waals surface area (Å²) in [6.45, 7) is 7.49. The van der Waals surface area contributed by atoms with E-state index in [2.05, 4.69) is 28.7 Å². The molecule has 1 aromatic rings. The molecule has 0 aliphatic carbocycles. The van der Waals surface area contributed by atoms with Crippen molar-refractivity contribution in [2.75, 3.05) is 57.9 Å². The zero-order valence-corrected chi connectivity index (χ0v) is 17.4. The number of ether oxygens (including phenoxy) is 1. The van der Waals surface area contributed by atoms with E-state index in [1.54, 1.807) is 12.1 Å². The largest absolute Gasteiger partial charge is 0.379 e. The minimum atomic E-state index is -0.200. The molecular weight excluding hydrogens is 363 g/mol. The van der Waals surface area contributed by atoms with Crippen molar-refractivity contribution in [3.05, 3.63) is 35.6 Å². The lowest BCUT2D eigenvalue weighted by Gasteiger charge is -2.34. The molecule has 2 rings (SSSR count). The highest BCUT2D eigenvalue weighted by Crippen LogP contribution is 2.23. The van der Waals surface area contributed by atoms with Gasteiger partial charge in [0, 0.05) is 26.2 Å². The standard InChI is InChI=1S/C20H33FN4OS/c1-3-22-20(23-9-4-5-14-27-2)24-16-19(25-10-12-26-13-11-25)17-7-6-8-18(21)15-17/h6-8,15,19H,3-5,9-14,16H2,1-2H3,(H2,22,23,24). The number of hydrogen-bond donors (Lipinski definition) is 2. The van der Waals surface area contributed by atoms with Crippen LogP contribution in [0, 0.1) is 5.82 Å². The number of guanidine groups is 1. The zero-order chi connectivity index (χ0) is 19.3. The third-order valence-electron chi connectivity index (χ3n) is 4.55. The minimum absolute atomic E-state index is 0.0524. The van der Waals surface area contributed by atoms with Gasteiger partial charge in [0.05, 0.1) is 25.8 Å². The molecule has 1 atom stereocenters. The fourth-order valence-corrected chi connectivity index (χ4v) is 3.63. The van der Waals surface area contributed by atoms with Gasteiger partial charge in [0.1, 0.15) is 5.82 Å². The maximum atomic E-state index is 13.8. The third kappa shape index (κ3) is 8.07. The van der Waals surface area contributed by atoms with Crippen LogP contribution in [-0.2, 0) is 4.74 Å². The molecule has 0 amide bonds. The summed E-state index contributed by atoms with van der Waals surface area (Å²) in [5, 5.41) is 6.72. The molecule has 27 heavy (non-hydrogen) atoms. The maximum Gasteiger partial charge on any atom is 0.191 e. The SMILES string of the molecule is CCNC(=NCC(c1cccc(F)c1)N1CCOCC1)NCCCCSC. The van der Waals surface area contributed by atoms with Gasteiger partial charge in [-0.1, -0.05) is 12.1 Å². The molecule has 1 fully saturated rings. The number of nitrogens with zero attached hydrogens (tertiary/aromatic N) is 2. The Morgan fingerprint density at radius 3 is 2.81 bits per heavy atom. The van der Waals surface area contributed by atoms with E-state index < -0.39 is 0 Å². The number of benzene rings is 1. The van der Waals surface area contributed by atoms with E-state index in [1.165, 1.54) is 18.2 Å². The van der Waals surface area contributed by atoms with Crippen LogP contribution in [0.5, 0.6) is 0 Å². The molecule has 0 saturated carbocycles. The van der Waals surface area contributed by atoms with E-state index in [9.17, 15) is 4.39 Å². The van der Waals surface area contributed by atoms with Gasteiger partial charge in [-0.15, -0.1) is 0 Å². The topological polar surface area (TPSA) is 48.9 Å². The Morgan fingerprint density at radius 2 is 2.11 bits per heavy atom. The number of aliphatic imine (C=N–C) groups is 1. The van der Waals surface area contributed by atoms with Crippen LogP contribution >= 0.6 is 11.8 Å². The lowest BCUT2D eigenvalue weighted by molar-refractivity contribution is 0.0179. The quantitative estimate of drug-likeness (QED) is 0.362. The van der Waals surface area contributed by atoms with Gasteiger partial charge in [0.25, 0.3) is 0 Å². The number of hydrogen-bond acceptors (Lipinski definition) is 4. The van der Waals surface area contributed by atoms with Crippen LogP contribution in [0.3, 0.4) is 0 Å². The third-order valence-corrected chi connectivity index (χ3v) is 5.25. The molecule has 1 unspecified atom stereocenters. The lowest BCUT2D eigenvalue weighted by atomic mass is 10.0. The molecule has 0 bridgehead atoms. The Hall–Kier alpha value is -1.31. The molecule has 5 nitrogen and oxygen atoms in total. The van der Waals surface area contributed by atoms with E-state index in [0.717, 1.165) is 44.1 Å². The second-order valence-electron chi connectivity index (χ2n) is 6.57. The average Bonchev–Trinajstić information content (AvgIpc) is 2.69. The fourth-order valence-electron chi connectivity index (χ4n) is 3.13. The first-order valence-electron chi connectivity index (χ1n) is 9.83. The normalized spacial score (nSPS) is 16.9. The van der Waals surface area contributed by atoms with Crippen molar-refractivity contribution in [1.82, 2.24) is 15.5 Å². The van der Waals surface area contributed by atoms with E-state index >= 15 is 0 Å². The molecular formula is C20H33FN4OS. The molecule has 0 spiro atoms. The lowest BCUT2D eigenvalue weighted by Crippen LogP contribution is -2.42. The van der Waals surface area contributed by atoms with Crippen molar-refractivity contribution in [1.29, 1.82) is 0 Å². The molecule has 1 aromatic carbocycles. The number of nitrogens with one attached hydrogen (secondary N) is 2. The molecule has 152 valence electrons. The van der Waals surface area contributed by atoms with E-state index in [-0.39, 0.29) is 11.9 Å². The highest BCUT2D eigenvalue weighted by atomic mass is 32.2. The van der Waals surface area contributed by atoms with Crippen molar-refractivity contribution >= 4 is 17.7 Å². The summed E-state index contributed by atoms with van der Waals surface area (Å²) in [5.41, 5.74) is 0.969. The summed E-state index contributed by atoms with van der Waals surface area (Å²) in [6, 6.07) is 6.93. The smallest absolute Gasteiger partial charge is 0.191 e. The van der Waals surface area contributed by atoms with Crippen molar-refractivity contribution in [3.63, 3.8) is 0 Å². The zero-order valence-electron chi connectivity index (χ0n) is 16.5. The number of halogens is 1. The van der Waals surface area contributed by atoms with Gasteiger partial charge in [-0.3, -0.25) is 9.89 Å². The highest BCUT2D eigenvalue weighted by Gasteiger charge is 2.23. The summed E-state index contributed by atoms with van der Waals surface area (Å²) in [6.07, 6.45) is 4.46. The van der Waals surface area contributed by atoms with Crippen LogP contribution in [0.1, 0.15) is 31.4 Å². The summed E-state index contributed by atoms with van der Waals surface area (Å²) < 4.78 is 19.3. The van der Waals surface area contributed by atoms with Gasteiger partial charge in [0.15, 0.2) is 5.96 Å². The maximum absolute atomic E-state index is 13.8. The first-order chi connectivity index (χ1) is 13.2. The van der Waals surface area contributed by atoms with Gasteiger partial charge in [-0.05, 0) is 49.5 Å². The molecule has 1 saturated heterocycles. The van der Waals surface area contributed by atoms with Crippen LogP contribution in [-0.4, -0.2) is 68.8 Å². The van der Waals surface area contributed by atoms with Crippen molar-refractivity contribution < 1.29 is 9.13 Å². The summed E-state index contributed by atoms with van der Waals surface area (Å²) in [7, 11) is 0. The molecule has 7 heteroatoms. The predicted molar refractivity (Wildman–Crippen MR) is 113 cm³/mol. The van der Waals surface area contributed by atoms with Gasteiger partial charge in [-0.2, -0.15) is 11.8 Å². The number of unbranched alkanes of at least 4 members (excludes halogenated alkanes) is 1. The number of morpholine rings is 1. The van der Waals surface area contributed by atoms with Crippen molar-refractivity contribution in [2.45, 2.75) is 25.8 Å². The molecule has 2 N–H and O–H groups in total. The molecule has 0 radical (unpaired) electrons. The molecule has 1 heterocycles. The molecule has 0 aromatic heterocycles. The predicted octanol–water partition coefficient (Wildman–Crippen LogP) is 2.90. The summed E-state index contributed by atoms with van der Waals surface area (Å²) >= 11 is 1.88. The fraction of sp³-hybridized carbons (Fsp3) is 0.650. The monoisotopic (exact) mass is 396 g/mol. The second kappa shape index (κ2) is 13.0. The Bertz CT molecular complexity index is 567. The van der Waals surface area contributed by atoms with Crippen molar-refractivity contribution in [2.24, 2.45) is 4.99 Å². The van der Waals surface area contributed by atoms with E-state index in [1.807, 2.05) is 17.8 Å². The Labute approximate surface area is 167 Å². The summed E-state index contributed by atoms with van der Waals surface area (Å²) in [5.74, 6) is 1.82. The average molecular weight is 397 g/mol. The van der Waals surface area contributed by atoms with Crippen LogP contribution < -0.4 is 10.6 Å². The highest BCUT2D eigenvalue weighted by molar-refractivity contribution is 7.98. The Balaban J connectivity index is 2.03. The molecule has 1 aliphatic rings. The molecule has 1 aliphatic heterocycles. The first kappa shape index (κ1) is 22.0. The first-order valence-corrected chi connectivity index (χ1v) is 11.2. The second-order valence-corrected chi connectivity index (χ2v) is 7.55. The minimum Gasteiger partial charge on any atom is -0.379 e. The van der Waals surface area contributed by atoms with Gasteiger partial charge < -0.3 is 15.4 Å². The Kier molecular flexibility index (Phi) is 10.6.